The minimum atomic E-state index is -0.202. The summed E-state index contributed by atoms with van der Waals surface area (Å²) in [4.78, 5) is 16.1. The molecule has 0 atom stereocenters. The summed E-state index contributed by atoms with van der Waals surface area (Å²) in [5.41, 5.74) is 1.80. The number of rotatable bonds is 6. The molecule has 1 amide bonds. The van der Waals surface area contributed by atoms with E-state index in [1.54, 1.807) is 11.0 Å². The van der Waals surface area contributed by atoms with Crippen LogP contribution < -0.4 is 10.1 Å². The number of amides is 1. The van der Waals surface area contributed by atoms with E-state index in [2.05, 4.69) is 15.4 Å². The Morgan fingerprint density at radius 2 is 1.81 bits per heavy atom. The number of carbonyl (C=O) groups excluding carboxylic acids is 1. The molecular formula is C21H18N4O2. The molecule has 27 heavy (non-hydrogen) atoms. The van der Waals surface area contributed by atoms with Gasteiger partial charge in [-0.1, -0.05) is 42.5 Å². The molecule has 0 aliphatic rings. The molecule has 4 aromatic rings. The molecule has 0 bridgehead atoms. The highest BCUT2D eigenvalue weighted by Gasteiger charge is 2.05. The van der Waals surface area contributed by atoms with Crippen molar-refractivity contribution in [2.45, 2.75) is 6.54 Å². The number of carbonyl (C=O) groups is 1. The van der Waals surface area contributed by atoms with Gasteiger partial charge in [-0.2, -0.15) is 5.10 Å². The van der Waals surface area contributed by atoms with E-state index in [4.69, 9.17) is 4.74 Å². The molecule has 134 valence electrons. The molecule has 4 rings (SSSR count). The Labute approximate surface area is 156 Å². The van der Waals surface area contributed by atoms with Crippen molar-refractivity contribution in [3.8, 4) is 5.75 Å². The fourth-order valence-corrected chi connectivity index (χ4v) is 2.80. The van der Waals surface area contributed by atoms with Crippen molar-refractivity contribution in [1.29, 1.82) is 0 Å². The average molecular weight is 358 g/mol. The maximum absolute atomic E-state index is 12.1. The lowest BCUT2D eigenvalue weighted by Gasteiger charge is -2.09. The topological polar surface area (TPSA) is 69.0 Å². The fraction of sp³-hybridized carbons (Fsp3) is 0.0952. The second-order valence-corrected chi connectivity index (χ2v) is 6.14. The Kier molecular flexibility index (Phi) is 4.78. The second-order valence-electron chi connectivity index (χ2n) is 6.14. The Morgan fingerprint density at radius 1 is 1.00 bits per heavy atom. The predicted octanol–water partition coefficient (Wildman–Crippen LogP) is 3.50. The molecule has 1 N–H and O–H groups in total. The smallest absolute Gasteiger partial charge is 0.262 e. The summed E-state index contributed by atoms with van der Waals surface area (Å²) >= 11 is 0. The standard InChI is InChI=1S/C21H18N4O2/c26-21(13-27-20-10-7-17-3-1-2-4-18(17)11-20)24-19-8-5-16(6-9-19)12-25-15-22-14-23-25/h1-11,14-15H,12-13H2,(H,24,26). The van der Waals surface area contributed by atoms with E-state index in [0.717, 1.165) is 22.0 Å². The van der Waals surface area contributed by atoms with Crippen molar-refractivity contribution in [1.82, 2.24) is 14.8 Å². The lowest BCUT2D eigenvalue weighted by molar-refractivity contribution is -0.118. The number of hydrogen-bond acceptors (Lipinski definition) is 4. The van der Waals surface area contributed by atoms with Crippen LogP contribution in [0.4, 0.5) is 5.69 Å². The zero-order chi connectivity index (χ0) is 18.5. The monoisotopic (exact) mass is 358 g/mol. The van der Waals surface area contributed by atoms with Crippen LogP contribution in [0.15, 0.2) is 79.4 Å². The van der Waals surface area contributed by atoms with Gasteiger partial charge in [-0.25, -0.2) is 9.67 Å². The summed E-state index contributed by atoms with van der Waals surface area (Å²) < 4.78 is 7.35. The van der Waals surface area contributed by atoms with Crippen LogP contribution in [0.25, 0.3) is 10.8 Å². The van der Waals surface area contributed by atoms with Gasteiger partial charge in [-0.3, -0.25) is 4.79 Å². The summed E-state index contributed by atoms with van der Waals surface area (Å²) in [6.45, 7) is 0.596. The van der Waals surface area contributed by atoms with Gasteiger partial charge >= 0.3 is 0 Å². The van der Waals surface area contributed by atoms with Gasteiger partial charge in [0.25, 0.3) is 5.91 Å². The zero-order valence-electron chi connectivity index (χ0n) is 14.6. The first-order valence-electron chi connectivity index (χ1n) is 8.59. The molecule has 0 saturated carbocycles. The summed E-state index contributed by atoms with van der Waals surface area (Å²) in [5.74, 6) is 0.471. The summed E-state index contributed by atoms with van der Waals surface area (Å²) in [5, 5.41) is 9.13. The molecule has 1 heterocycles. The molecule has 0 saturated heterocycles. The summed E-state index contributed by atoms with van der Waals surface area (Å²) in [6.07, 6.45) is 3.17. The van der Waals surface area contributed by atoms with Crippen LogP contribution in [0, 0.1) is 0 Å². The van der Waals surface area contributed by atoms with E-state index in [-0.39, 0.29) is 12.5 Å². The van der Waals surface area contributed by atoms with Crippen molar-refractivity contribution in [2.75, 3.05) is 11.9 Å². The van der Waals surface area contributed by atoms with E-state index in [0.29, 0.717) is 12.3 Å². The average Bonchev–Trinajstić information content (AvgIpc) is 3.21. The molecule has 0 aliphatic heterocycles. The van der Waals surface area contributed by atoms with Crippen LogP contribution in [0.5, 0.6) is 5.75 Å². The Morgan fingerprint density at radius 3 is 2.59 bits per heavy atom. The molecule has 0 radical (unpaired) electrons. The van der Waals surface area contributed by atoms with Crippen LogP contribution in [-0.4, -0.2) is 27.3 Å². The van der Waals surface area contributed by atoms with Crippen molar-refractivity contribution >= 4 is 22.4 Å². The van der Waals surface area contributed by atoms with Gasteiger partial charge in [0, 0.05) is 5.69 Å². The molecule has 6 nitrogen and oxygen atoms in total. The number of aromatic nitrogens is 3. The molecule has 0 fully saturated rings. The largest absolute Gasteiger partial charge is 0.484 e. The maximum atomic E-state index is 12.1. The van der Waals surface area contributed by atoms with Crippen LogP contribution in [0.1, 0.15) is 5.56 Å². The summed E-state index contributed by atoms with van der Waals surface area (Å²) in [7, 11) is 0. The molecule has 0 aliphatic carbocycles. The SMILES string of the molecule is O=C(COc1ccc2ccccc2c1)Nc1ccc(Cn2cncn2)cc1. The van der Waals surface area contributed by atoms with Gasteiger partial charge in [0.15, 0.2) is 6.61 Å². The van der Waals surface area contributed by atoms with Crippen molar-refractivity contribution in [3.63, 3.8) is 0 Å². The van der Waals surface area contributed by atoms with Crippen LogP contribution in [-0.2, 0) is 11.3 Å². The number of fused-ring (bicyclic) bond motifs is 1. The fourth-order valence-electron chi connectivity index (χ4n) is 2.80. The minimum Gasteiger partial charge on any atom is -0.484 e. The number of ether oxygens (including phenoxy) is 1. The summed E-state index contributed by atoms with van der Waals surface area (Å²) in [6, 6.07) is 21.4. The van der Waals surface area contributed by atoms with Crippen LogP contribution in [0.2, 0.25) is 0 Å². The lowest BCUT2D eigenvalue weighted by Crippen LogP contribution is -2.20. The molecule has 3 aromatic carbocycles. The van der Waals surface area contributed by atoms with E-state index in [1.807, 2.05) is 66.7 Å². The Hall–Kier alpha value is -3.67. The van der Waals surface area contributed by atoms with Gasteiger partial charge in [0.2, 0.25) is 0 Å². The van der Waals surface area contributed by atoms with E-state index in [9.17, 15) is 4.79 Å². The molecular weight excluding hydrogens is 340 g/mol. The maximum Gasteiger partial charge on any atom is 0.262 e. The molecule has 1 aromatic heterocycles. The van der Waals surface area contributed by atoms with Crippen molar-refractivity contribution in [2.24, 2.45) is 0 Å². The van der Waals surface area contributed by atoms with Crippen LogP contribution >= 0.6 is 0 Å². The first-order valence-corrected chi connectivity index (χ1v) is 8.59. The van der Waals surface area contributed by atoms with Gasteiger partial charge in [0.05, 0.1) is 6.54 Å². The number of nitrogens with one attached hydrogen (secondary N) is 1. The van der Waals surface area contributed by atoms with Gasteiger partial charge in [-0.15, -0.1) is 0 Å². The van der Waals surface area contributed by atoms with E-state index < -0.39 is 0 Å². The molecule has 6 heteroatoms. The highest BCUT2D eigenvalue weighted by molar-refractivity contribution is 5.92. The normalized spacial score (nSPS) is 10.7. The van der Waals surface area contributed by atoms with Gasteiger partial charge < -0.3 is 10.1 Å². The number of hydrogen-bond donors (Lipinski definition) is 1. The third kappa shape index (κ3) is 4.30. The second kappa shape index (κ2) is 7.70. The first kappa shape index (κ1) is 16.8. The minimum absolute atomic E-state index is 0.0426. The number of nitrogens with zero attached hydrogens (tertiary/aromatic N) is 3. The molecule has 0 spiro atoms. The van der Waals surface area contributed by atoms with Crippen LogP contribution in [0.3, 0.4) is 0 Å². The van der Waals surface area contributed by atoms with Crippen molar-refractivity contribution in [3.05, 3.63) is 84.9 Å². The third-order valence-electron chi connectivity index (χ3n) is 4.14. The highest BCUT2D eigenvalue weighted by atomic mass is 16.5. The van der Waals surface area contributed by atoms with Gasteiger partial charge in [0.1, 0.15) is 18.4 Å². The Balaban J connectivity index is 1.32. The quantitative estimate of drug-likeness (QED) is 0.573. The van der Waals surface area contributed by atoms with E-state index in [1.165, 1.54) is 6.33 Å². The highest BCUT2D eigenvalue weighted by Crippen LogP contribution is 2.20. The lowest BCUT2D eigenvalue weighted by atomic mass is 10.1. The van der Waals surface area contributed by atoms with Gasteiger partial charge in [-0.05, 0) is 40.6 Å². The Bertz CT molecular complexity index is 1040. The molecule has 0 unspecified atom stereocenters. The predicted molar refractivity (Wildman–Crippen MR) is 104 cm³/mol. The zero-order valence-corrected chi connectivity index (χ0v) is 14.6. The third-order valence-corrected chi connectivity index (χ3v) is 4.14. The van der Waals surface area contributed by atoms with E-state index >= 15 is 0 Å². The number of benzene rings is 3. The van der Waals surface area contributed by atoms with Crippen molar-refractivity contribution < 1.29 is 9.53 Å². The number of anilines is 1. The first-order chi connectivity index (χ1) is 13.3.